The smallest absolute Gasteiger partial charge is 0.416 e. The number of hydrogen-bond donors (Lipinski definition) is 1. The van der Waals surface area contributed by atoms with Crippen LogP contribution in [0.2, 0.25) is 4.34 Å². The number of thiophene rings is 1. The predicted octanol–water partition coefficient (Wildman–Crippen LogP) is 5.86. The molecule has 1 saturated heterocycles. The van der Waals surface area contributed by atoms with Gasteiger partial charge in [0.05, 0.1) is 28.6 Å². The molecule has 0 unspecified atom stereocenters. The molecule has 12 heteroatoms. The van der Waals surface area contributed by atoms with E-state index in [1.807, 2.05) is 0 Å². The van der Waals surface area contributed by atoms with Crippen molar-refractivity contribution in [3.05, 3.63) is 50.2 Å². The molecule has 0 aliphatic carbocycles. The molecule has 0 radical (unpaired) electrons. The Hall–Kier alpha value is -1.20. The van der Waals surface area contributed by atoms with Crippen LogP contribution in [-0.4, -0.2) is 38.2 Å². The second kappa shape index (κ2) is 9.52. The minimum Gasteiger partial charge on any atom is -0.496 e. The first-order valence-corrected chi connectivity index (χ1v) is 9.78. The lowest BCUT2D eigenvalue weighted by molar-refractivity contribution is -0.144. The van der Waals surface area contributed by atoms with E-state index >= 15 is 0 Å². The van der Waals surface area contributed by atoms with Crippen molar-refractivity contribution in [2.45, 2.75) is 18.4 Å². The van der Waals surface area contributed by atoms with E-state index < -0.39 is 35.3 Å². The molecule has 0 spiro atoms. The van der Waals surface area contributed by atoms with Crippen LogP contribution in [-0.2, 0) is 12.4 Å². The lowest BCUT2D eigenvalue weighted by Gasteiger charge is -2.36. The molecule has 0 bridgehead atoms. The van der Waals surface area contributed by atoms with Crippen molar-refractivity contribution in [2.24, 2.45) is 0 Å². The molecular weight excluding hydrogens is 477 g/mol. The SMILES string of the molecule is COc1cc(C(F)(F)F)cc(C(F)(F)F)c1[C@@H](c1ccc(Cl)s1)N1CCNCC1.Cl. The van der Waals surface area contributed by atoms with E-state index in [1.54, 1.807) is 17.0 Å². The van der Waals surface area contributed by atoms with Crippen molar-refractivity contribution >= 4 is 35.3 Å². The number of benzene rings is 1. The van der Waals surface area contributed by atoms with Crippen molar-refractivity contribution in [1.29, 1.82) is 0 Å². The van der Waals surface area contributed by atoms with Crippen molar-refractivity contribution < 1.29 is 31.1 Å². The highest BCUT2D eigenvalue weighted by molar-refractivity contribution is 7.16. The standard InChI is InChI=1S/C18H17ClF6N2OS.ClH/c1-28-12-9-10(17(20,21)22)8-11(18(23,24)25)15(12)16(13-2-3-14(19)29-13)27-6-4-26-5-7-27;/h2-3,8-9,16,26H,4-7H2,1H3;1H/t16-;/m1./s1. The van der Waals surface area contributed by atoms with Gasteiger partial charge in [0, 0.05) is 36.6 Å². The summed E-state index contributed by atoms with van der Waals surface area (Å²) in [5.74, 6) is -0.458. The summed E-state index contributed by atoms with van der Waals surface area (Å²) in [6.07, 6.45) is -9.94. The minimum atomic E-state index is -5.00. The van der Waals surface area contributed by atoms with Gasteiger partial charge < -0.3 is 10.1 Å². The van der Waals surface area contributed by atoms with E-state index in [2.05, 4.69) is 5.32 Å². The van der Waals surface area contributed by atoms with Gasteiger partial charge in [-0.25, -0.2) is 0 Å². The summed E-state index contributed by atoms with van der Waals surface area (Å²) >= 11 is 7.10. The molecule has 168 valence electrons. The molecule has 2 heterocycles. The summed E-state index contributed by atoms with van der Waals surface area (Å²) < 4.78 is 86.8. The Labute approximate surface area is 184 Å². The monoisotopic (exact) mass is 494 g/mol. The molecule has 30 heavy (non-hydrogen) atoms. The number of nitrogens with zero attached hydrogens (tertiary/aromatic N) is 1. The molecular formula is C18H18Cl2F6N2OS. The van der Waals surface area contributed by atoms with E-state index in [4.69, 9.17) is 16.3 Å². The summed E-state index contributed by atoms with van der Waals surface area (Å²) in [5, 5.41) is 3.11. The van der Waals surface area contributed by atoms with Crippen LogP contribution in [0.3, 0.4) is 0 Å². The summed E-state index contributed by atoms with van der Waals surface area (Å²) in [7, 11) is 1.06. The van der Waals surface area contributed by atoms with Crippen LogP contribution in [0, 0.1) is 0 Å². The van der Waals surface area contributed by atoms with Crippen LogP contribution in [0.15, 0.2) is 24.3 Å². The molecule has 1 N–H and O–H groups in total. The largest absolute Gasteiger partial charge is 0.496 e. The highest BCUT2D eigenvalue weighted by Crippen LogP contribution is 2.48. The number of piperazine rings is 1. The van der Waals surface area contributed by atoms with E-state index in [1.165, 1.54) is 0 Å². The zero-order chi connectivity index (χ0) is 21.4. The fraction of sp³-hybridized carbons (Fsp3) is 0.444. The molecule has 0 saturated carbocycles. The molecule has 1 aliphatic heterocycles. The molecule has 1 aromatic heterocycles. The minimum absolute atomic E-state index is 0. The van der Waals surface area contributed by atoms with E-state index in [9.17, 15) is 26.3 Å². The fourth-order valence-electron chi connectivity index (χ4n) is 3.40. The van der Waals surface area contributed by atoms with Gasteiger partial charge in [-0.2, -0.15) is 26.3 Å². The summed E-state index contributed by atoms with van der Waals surface area (Å²) in [6.45, 7) is 1.92. The maximum Gasteiger partial charge on any atom is 0.416 e. The molecule has 3 nitrogen and oxygen atoms in total. The Kier molecular flexibility index (Phi) is 7.95. The van der Waals surface area contributed by atoms with Crippen LogP contribution in [0.5, 0.6) is 5.75 Å². The predicted molar refractivity (Wildman–Crippen MR) is 106 cm³/mol. The summed E-state index contributed by atoms with van der Waals surface area (Å²) in [4.78, 5) is 2.29. The Morgan fingerprint density at radius 1 is 1.07 bits per heavy atom. The summed E-state index contributed by atoms with van der Waals surface area (Å²) in [6, 6.07) is 2.98. The maximum absolute atomic E-state index is 13.9. The zero-order valence-electron chi connectivity index (χ0n) is 15.5. The van der Waals surface area contributed by atoms with Gasteiger partial charge in [-0.15, -0.1) is 23.7 Å². The number of alkyl halides is 6. The third kappa shape index (κ3) is 5.34. The van der Waals surface area contributed by atoms with Gasteiger partial charge in [-0.3, -0.25) is 4.90 Å². The Balaban J connectivity index is 0.00000320. The molecule has 1 aliphatic rings. The van der Waals surface area contributed by atoms with Gasteiger partial charge in [0.15, 0.2) is 0 Å². The number of methoxy groups -OCH3 is 1. The van der Waals surface area contributed by atoms with Gasteiger partial charge in [0.1, 0.15) is 5.75 Å². The molecule has 3 rings (SSSR count). The Bertz CT molecular complexity index is 865. The summed E-state index contributed by atoms with van der Waals surface area (Å²) in [5.41, 5.74) is -3.11. The lowest BCUT2D eigenvalue weighted by atomic mass is 9.93. The van der Waals surface area contributed by atoms with Crippen LogP contribution >= 0.6 is 35.3 Å². The highest BCUT2D eigenvalue weighted by atomic mass is 35.5. The quantitative estimate of drug-likeness (QED) is 0.538. The number of halogens is 8. The number of ether oxygens (including phenoxy) is 1. The van der Waals surface area contributed by atoms with E-state index in [0.717, 1.165) is 18.4 Å². The third-order valence-electron chi connectivity index (χ3n) is 4.65. The van der Waals surface area contributed by atoms with Crippen molar-refractivity contribution in [2.75, 3.05) is 33.3 Å². The highest BCUT2D eigenvalue weighted by Gasteiger charge is 2.43. The van der Waals surface area contributed by atoms with Crippen LogP contribution in [0.25, 0.3) is 0 Å². The Morgan fingerprint density at radius 2 is 1.70 bits per heavy atom. The van der Waals surface area contributed by atoms with Gasteiger partial charge >= 0.3 is 12.4 Å². The van der Waals surface area contributed by atoms with Crippen molar-refractivity contribution in [3.63, 3.8) is 0 Å². The van der Waals surface area contributed by atoms with Gasteiger partial charge in [0.2, 0.25) is 0 Å². The van der Waals surface area contributed by atoms with Crippen molar-refractivity contribution in [3.8, 4) is 5.75 Å². The van der Waals surface area contributed by atoms with Gasteiger partial charge in [-0.05, 0) is 24.3 Å². The average Bonchev–Trinajstić information content (AvgIpc) is 3.07. The van der Waals surface area contributed by atoms with Gasteiger partial charge in [-0.1, -0.05) is 11.6 Å². The van der Waals surface area contributed by atoms with Crippen LogP contribution in [0.4, 0.5) is 26.3 Å². The molecule has 1 aromatic carbocycles. The number of hydrogen-bond acceptors (Lipinski definition) is 4. The molecule has 1 fully saturated rings. The molecule has 2 aromatic rings. The average molecular weight is 495 g/mol. The second-order valence-corrected chi connectivity index (χ2v) is 8.21. The first-order chi connectivity index (χ1) is 13.5. The van der Waals surface area contributed by atoms with E-state index in [-0.39, 0.29) is 24.0 Å². The van der Waals surface area contributed by atoms with Crippen LogP contribution < -0.4 is 10.1 Å². The van der Waals surface area contributed by atoms with E-state index in [0.29, 0.717) is 41.5 Å². The lowest BCUT2D eigenvalue weighted by Crippen LogP contribution is -2.45. The second-order valence-electron chi connectivity index (χ2n) is 6.47. The number of rotatable bonds is 4. The zero-order valence-corrected chi connectivity index (χ0v) is 17.9. The topological polar surface area (TPSA) is 24.5 Å². The third-order valence-corrected chi connectivity index (χ3v) is 5.93. The fourth-order valence-corrected chi connectivity index (χ4v) is 4.60. The maximum atomic E-state index is 13.9. The molecule has 1 atom stereocenters. The Morgan fingerprint density at radius 3 is 2.17 bits per heavy atom. The first kappa shape index (κ1) is 25.1. The van der Waals surface area contributed by atoms with Gasteiger partial charge in [0.25, 0.3) is 0 Å². The molecule has 0 amide bonds. The van der Waals surface area contributed by atoms with Crippen molar-refractivity contribution in [1.82, 2.24) is 10.2 Å². The number of nitrogens with one attached hydrogen (secondary N) is 1. The normalized spacial score (nSPS) is 16.8. The van der Waals surface area contributed by atoms with Crippen LogP contribution in [0.1, 0.15) is 27.6 Å². The first-order valence-electron chi connectivity index (χ1n) is 8.58.